The van der Waals surface area contributed by atoms with Gasteiger partial charge in [-0.05, 0) is 66.3 Å². The first kappa shape index (κ1) is 13.1. The first-order valence-electron chi connectivity index (χ1n) is 6.09. The summed E-state index contributed by atoms with van der Waals surface area (Å²) in [7, 11) is 0. The quantitative estimate of drug-likeness (QED) is 0.850. The van der Waals surface area contributed by atoms with Crippen LogP contribution in [-0.2, 0) is 6.54 Å². The van der Waals surface area contributed by atoms with Gasteiger partial charge in [0.2, 0.25) is 0 Å². The highest BCUT2D eigenvalue weighted by molar-refractivity contribution is 6.31. The second-order valence-electron chi connectivity index (χ2n) is 4.76. The van der Waals surface area contributed by atoms with E-state index < -0.39 is 0 Å². The summed E-state index contributed by atoms with van der Waals surface area (Å²) in [6, 6.07) is 10.5. The first-order chi connectivity index (χ1) is 8.52. The number of aryl methyl sites for hydroxylation is 3. The molecule has 0 heterocycles. The Kier molecular flexibility index (Phi) is 3.74. The Hall–Kier alpha value is -1.31. The summed E-state index contributed by atoms with van der Waals surface area (Å²) in [4.78, 5) is 0. The fourth-order valence-corrected chi connectivity index (χ4v) is 2.36. The molecular formula is C16H18ClN. The highest BCUT2D eigenvalue weighted by Gasteiger charge is 2.07. The molecule has 18 heavy (non-hydrogen) atoms. The lowest BCUT2D eigenvalue weighted by molar-refractivity contribution is 1.07. The molecule has 2 rings (SSSR count). The summed E-state index contributed by atoms with van der Waals surface area (Å²) in [5, 5.41) is 0.739. The molecular weight excluding hydrogens is 242 g/mol. The van der Waals surface area contributed by atoms with Crippen LogP contribution < -0.4 is 5.73 Å². The Bertz CT molecular complexity index is 588. The molecule has 0 aliphatic carbocycles. The van der Waals surface area contributed by atoms with Crippen molar-refractivity contribution in [1.29, 1.82) is 0 Å². The summed E-state index contributed by atoms with van der Waals surface area (Å²) >= 11 is 6.10. The van der Waals surface area contributed by atoms with Crippen LogP contribution >= 0.6 is 11.6 Å². The molecule has 0 aliphatic rings. The summed E-state index contributed by atoms with van der Waals surface area (Å²) in [5.41, 5.74) is 13.0. The average Bonchev–Trinajstić information content (AvgIpc) is 2.35. The number of nitrogens with two attached hydrogens (primary N) is 1. The third kappa shape index (κ3) is 2.43. The molecule has 94 valence electrons. The van der Waals surface area contributed by atoms with Crippen LogP contribution in [0, 0.1) is 20.8 Å². The van der Waals surface area contributed by atoms with E-state index in [2.05, 4.69) is 45.0 Å². The van der Waals surface area contributed by atoms with Gasteiger partial charge in [-0.2, -0.15) is 0 Å². The molecule has 2 aromatic carbocycles. The predicted octanol–water partition coefficient (Wildman–Crippen LogP) is 4.39. The maximum atomic E-state index is 6.10. The van der Waals surface area contributed by atoms with Crippen LogP contribution in [0.3, 0.4) is 0 Å². The van der Waals surface area contributed by atoms with Crippen molar-refractivity contribution in [3.8, 4) is 11.1 Å². The molecule has 0 fully saturated rings. The van der Waals surface area contributed by atoms with Crippen molar-refractivity contribution in [3.05, 3.63) is 57.6 Å². The summed E-state index contributed by atoms with van der Waals surface area (Å²) < 4.78 is 0. The lowest BCUT2D eigenvalue weighted by Gasteiger charge is -2.12. The zero-order valence-electron chi connectivity index (χ0n) is 11.0. The molecule has 0 saturated carbocycles. The number of hydrogen-bond donors (Lipinski definition) is 1. The zero-order chi connectivity index (χ0) is 13.3. The predicted molar refractivity (Wildman–Crippen MR) is 79.0 cm³/mol. The molecule has 0 atom stereocenters. The Morgan fingerprint density at radius 3 is 2.28 bits per heavy atom. The molecule has 0 amide bonds. The lowest BCUT2D eigenvalue weighted by Crippen LogP contribution is -1.98. The maximum Gasteiger partial charge on any atom is 0.0451 e. The van der Waals surface area contributed by atoms with Gasteiger partial charge in [-0.15, -0.1) is 0 Å². The summed E-state index contributed by atoms with van der Waals surface area (Å²) in [5.74, 6) is 0. The minimum Gasteiger partial charge on any atom is -0.326 e. The lowest BCUT2D eigenvalue weighted by atomic mass is 9.94. The van der Waals surface area contributed by atoms with E-state index in [1.165, 1.54) is 27.8 Å². The van der Waals surface area contributed by atoms with Gasteiger partial charge in [0.25, 0.3) is 0 Å². The Morgan fingerprint density at radius 2 is 1.61 bits per heavy atom. The van der Waals surface area contributed by atoms with Gasteiger partial charge in [-0.25, -0.2) is 0 Å². The highest BCUT2D eigenvalue weighted by atomic mass is 35.5. The molecule has 0 spiro atoms. The topological polar surface area (TPSA) is 26.0 Å². The van der Waals surface area contributed by atoms with Crippen LogP contribution in [0.15, 0.2) is 30.3 Å². The molecule has 2 heteroatoms. The highest BCUT2D eigenvalue weighted by Crippen LogP contribution is 2.29. The van der Waals surface area contributed by atoms with E-state index in [1.54, 1.807) is 0 Å². The van der Waals surface area contributed by atoms with Gasteiger partial charge in [0.05, 0.1) is 0 Å². The van der Waals surface area contributed by atoms with Crippen molar-refractivity contribution in [1.82, 2.24) is 0 Å². The van der Waals surface area contributed by atoms with Crippen molar-refractivity contribution in [2.75, 3.05) is 0 Å². The third-order valence-electron chi connectivity index (χ3n) is 3.42. The molecule has 0 radical (unpaired) electrons. The smallest absolute Gasteiger partial charge is 0.0451 e. The van der Waals surface area contributed by atoms with E-state index in [9.17, 15) is 0 Å². The molecule has 2 N–H and O–H groups in total. The van der Waals surface area contributed by atoms with E-state index in [0.717, 1.165) is 10.6 Å². The van der Waals surface area contributed by atoms with Gasteiger partial charge >= 0.3 is 0 Å². The van der Waals surface area contributed by atoms with E-state index in [0.29, 0.717) is 6.54 Å². The standard InChI is InChI=1S/C16H18ClN/c1-10-6-12(3)15(7-11(10)2)13-4-5-16(17)14(8-13)9-18/h4-8H,9,18H2,1-3H3. The van der Waals surface area contributed by atoms with E-state index in [-0.39, 0.29) is 0 Å². The van der Waals surface area contributed by atoms with Crippen molar-refractivity contribution >= 4 is 11.6 Å². The third-order valence-corrected chi connectivity index (χ3v) is 3.79. The van der Waals surface area contributed by atoms with Gasteiger partial charge in [0.15, 0.2) is 0 Å². The van der Waals surface area contributed by atoms with Crippen molar-refractivity contribution in [2.24, 2.45) is 5.73 Å². The molecule has 0 bridgehead atoms. The van der Waals surface area contributed by atoms with Crippen molar-refractivity contribution < 1.29 is 0 Å². The van der Waals surface area contributed by atoms with E-state index >= 15 is 0 Å². The van der Waals surface area contributed by atoms with Crippen LogP contribution in [0.2, 0.25) is 5.02 Å². The van der Waals surface area contributed by atoms with Gasteiger partial charge in [0, 0.05) is 11.6 Å². The molecule has 0 saturated heterocycles. The summed E-state index contributed by atoms with van der Waals surface area (Å²) in [6.07, 6.45) is 0. The maximum absolute atomic E-state index is 6.10. The van der Waals surface area contributed by atoms with Crippen LogP contribution in [-0.4, -0.2) is 0 Å². The van der Waals surface area contributed by atoms with Gasteiger partial charge in [-0.3, -0.25) is 0 Å². The Morgan fingerprint density at radius 1 is 0.944 bits per heavy atom. The SMILES string of the molecule is Cc1cc(C)c(-c2ccc(Cl)c(CN)c2)cc1C. The molecule has 0 aliphatic heterocycles. The van der Waals surface area contributed by atoms with Gasteiger partial charge < -0.3 is 5.73 Å². The second-order valence-corrected chi connectivity index (χ2v) is 5.17. The first-order valence-corrected chi connectivity index (χ1v) is 6.47. The Labute approximate surface area is 114 Å². The fourth-order valence-electron chi connectivity index (χ4n) is 2.17. The second kappa shape index (κ2) is 5.13. The summed E-state index contributed by atoms with van der Waals surface area (Å²) in [6.45, 7) is 6.88. The zero-order valence-corrected chi connectivity index (χ0v) is 11.8. The van der Waals surface area contributed by atoms with Crippen LogP contribution in [0.25, 0.3) is 11.1 Å². The van der Waals surface area contributed by atoms with Crippen LogP contribution in [0.5, 0.6) is 0 Å². The normalized spacial score (nSPS) is 10.7. The molecule has 2 aromatic rings. The molecule has 0 aromatic heterocycles. The minimum atomic E-state index is 0.469. The van der Waals surface area contributed by atoms with Crippen LogP contribution in [0.4, 0.5) is 0 Å². The fraction of sp³-hybridized carbons (Fsp3) is 0.250. The van der Waals surface area contributed by atoms with Crippen molar-refractivity contribution in [2.45, 2.75) is 27.3 Å². The number of halogens is 1. The van der Waals surface area contributed by atoms with Crippen molar-refractivity contribution in [3.63, 3.8) is 0 Å². The number of rotatable bonds is 2. The van der Waals surface area contributed by atoms with Crippen LogP contribution in [0.1, 0.15) is 22.3 Å². The molecule has 1 nitrogen and oxygen atoms in total. The monoisotopic (exact) mass is 259 g/mol. The minimum absolute atomic E-state index is 0.469. The van der Waals surface area contributed by atoms with Gasteiger partial charge in [-0.1, -0.05) is 29.8 Å². The Balaban J connectivity index is 2.58. The number of hydrogen-bond acceptors (Lipinski definition) is 1. The van der Waals surface area contributed by atoms with E-state index in [4.69, 9.17) is 17.3 Å². The largest absolute Gasteiger partial charge is 0.326 e. The number of benzene rings is 2. The van der Waals surface area contributed by atoms with E-state index in [1.807, 2.05) is 6.07 Å². The molecule has 0 unspecified atom stereocenters. The van der Waals surface area contributed by atoms with Gasteiger partial charge in [0.1, 0.15) is 0 Å². The average molecular weight is 260 g/mol.